The third-order valence-electron chi connectivity index (χ3n) is 4.31. The molecule has 0 amide bonds. The van der Waals surface area contributed by atoms with Crippen LogP contribution in [0.4, 0.5) is 5.69 Å². The van der Waals surface area contributed by atoms with E-state index in [9.17, 15) is 4.79 Å². The second kappa shape index (κ2) is 4.69. The van der Waals surface area contributed by atoms with Gasteiger partial charge in [-0.15, -0.1) is 0 Å². The monoisotopic (exact) mass is 307 g/mol. The lowest BCUT2D eigenvalue weighted by Crippen LogP contribution is -2.52. The standard InChI is InChI=1S/C15H18BrNO/c1-10-14(16)6-3-7-15(10)17-11-4-2-5-12(17)9-13(18)8-11/h3,6-7,11-12H,2,4-5,8-9H2,1H3. The number of Topliss-reactive ketones (excluding diaryl/α,β-unsaturated/α-hetero) is 1. The van der Waals surface area contributed by atoms with Gasteiger partial charge in [0.15, 0.2) is 0 Å². The summed E-state index contributed by atoms with van der Waals surface area (Å²) in [6.07, 6.45) is 5.07. The zero-order valence-corrected chi connectivity index (χ0v) is 12.2. The Balaban J connectivity index is 2.00. The number of piperidine rings is 2. The van der Waals surface area contributed by atoms with E-state index in [0.717, 1.165) is 30.2 Å². The Morgan fingerprint density at radius 2 is 1.89 bits per heavy atom. The van der Waals surface area contributed by atoms with Gasteiger partial charge in [-0.25, -0.2) is 0 Å². The molecule has 1 aromatic carbocycles. The number of hydrogen-bond donors (Lipinski definition) is 0. The first-order valence-electron chi connectivity index (χ1n) is 6.72. The van der Waals surface area contributed by atoms with Gasteiger partial charge in [-0.3, -0.25) is 4.79 Å². The molecule has 2 nitrogen and oxygen atoms in total. The molecular weight excluding hydrogens is 290 g/mol. The van der Waals surface area contributed by atoms with E-state index >= 15 is 0 Å². The predicted octanol–water partition coefficient (Wildman–Crippen LogP) is 3.85. The molecule has 2 aliphatic rings. The minimum Gasteiger partial charge on any atom is -0.364 e. The maximum Gasteiger partial charge on any atom is 0.137 e. The van der Waals surface area contributed by atoms with Crippen molar-refractivity contribution in [2.45, 2.75) is 51.1 Å². The summed E-state index contributed by atoms with van der Waals surface area (Å²) in [7, 11) is 0. The van der Waals surface area contributed by atoms with Crippen LogP contribution in [-0.4, -0.2) is 17.9 Å². The largest absolute Gasteiger partial charge is 0.364 e. The first-order valence-corrected chi connectivity index (χ1v) is 7.51. The summed E-state index contributed by atoms with van der Waals surface area (Å²) in [6.45, 7) is 2.16. The molecule has 0 N–H and O–H groups in total. The average molecular weight is 308 g/mol. The molecule has 2 saturated heterocycles. The van der Waals surface area contributed by atoms with Gasteiger partial charge in [0.05, 0.1) is 0 Å². The van der Waals surface area contributed by atoms with Crippen molar-refractivity contribution in [3.05, 3.63) is 28.2 Å². The van der Waals surface area contributed by atoms with Gasteiger partial charge in [-0.2, -0.15) is 0 Å². The summed E-state index contributed by atoms with van der Waals surface area (Å²) in [4.78, 5) is 14.3. The van der Waals surface area contributed by atoms with Crippen LogP contribution in [0.25, 0.3) is 0 Å². The molecule has 2 aliphatic heterocycles. The van der Waals surface area contributed by atoms with E-state index in [1.165, 1.54) is 17.7 Å². The number of fused-ring (bicyclic) bond motifs is 2. The molecule has 1 aromatic rings. The van der Waals surface area contributed by atoms with E-state index in [-0.39, 0.29) is 0 Å². The van der Waals surface area contributed by atoms with Crippen molar-refractivity contribution in [2.24, 2.45) is 0 Å². The van der Waals surface area contributed by atoms with Gasteiger partial charge in [-0.05, 0) is 43.9 Å². The van der Waals surface area contributed by atoms with E-state index < -0.39 is 0 Å². The van der Waals surface area contributed by atoms with E-state index in [0.29, 0.717) is 17.9 Å². The summed E-state index contributed by atoms with van der Waals surface area (Å²) in [5.74, 6) is 0.452. The van der Waals surface area contributed by atoms with Crippen LogP contribution in [0.5, 0.6) is 0 Å². The molecule has 2 atom stereocenters. The number of anilines is 1. The molecule has 2 heterocycles. The first kappa shape index (κ1) is 12.2. The van der Waals surface area contributed by atoms with Crippen LogP contribution in [0.15, 0.2) is 22.7 Å². The Morgan fingerprint density at radius 3 is 2.56 bits per heavy atom. The van der Waals surface area contributed by atoms with Gasteiger partial charge >= 0.3 is 0 Å². The number of benzene rings is 1. The van der Waals surface area contributed by atoms with Gasteiger partial charge in [0.2, 0.25) is 0 Å². The molecular formula is C15H18BrNO. The minimum absolute atomic E-state index is 0.429. The van der Waals surface area contributed by atoms with Crippen LogP contribution >= 0.6 is 15.9 Å². The van der Waals surface area contributed by atoms with Crippen LogP contribution in [0, 0.1) is 6.92 Å². The Morgan fingerprint density at radius 1 is 1.22 bits per heavy atom. The fraction of sp³-hybridized carbons (Fsp3) is 0.533. The van der Waals surface area contributed by atoms with Gasteiger partial charge in [0.25, 0.3) is 0 Å². The fourth-order valence-corrected chi connectivity index (χ4v) is 3.80. The summed E-state index contributed by atoms with van der Waals surface area (Å²) in [5.41, 5.74) is 2.61. The summed E-state index contributed by atoms with van der Waals surface area (Å²) in [5, 5.41) is 0. The van der Waals surface area contributed by atoms with Crippen molar-refractivity contribution in [3.8, 4) is 0 Å². The van der Waals surface area contributed by atoms with Crippen LogP contribution in [0.3, 0.4) is 0 Å². The fourth-order valence-electron chi connectivity index (χ4n) is 3.44. The SMILES string of the molecule is Cc1c(Br)cccc1N1C2CCCC1CC(=O)C2. The van der Waals surface area contributed by atoms with Crippen LogP contribution < -0.4 is 4.90 Å². The second-order valence-electron chi connectivity index (χ2n) is 5.48. The van der Waals surface area contributed by atoms with Gasteiger partial charge in [0, 0.05) is 35.1 Å². The number of carbonyl (C=O) groups is 1. The Labute approximate surface area is 116 Å². The van der Waals surface area contributed by atoms with Crippen molar-refractivity contribution in [3.63, 3.8) is 0 Å². The minimum atomic E-state index is 0.429. The molecule has 2 bridgehead atoms. The molecule has 0 radical (unpaired) electrons. The molecule has 2 unspecified atom stereocenters. The number of halogens is 1. The predicted molar refractivity (Wildman–Crippen MR) is 77.0 cm³/mol. The molecule has 0 saturated carbocycles. The summed E-state index contributed by atoms with van der Waals surface area (Å²) >= 11 is 3.61. The number of nitrogens with zero attached hydrogens (tertiary/aromatic N) is 1. The van der Waals surface area contributed by atoms with Crippen molar-refractivity contribution >= 4 is 27.4 Å². The Kier molecular flexibility index (Phi) is 3.18. The third kappa shape index (κ3) is 1.99. The molecule has 3 heteroatoms. The number of carbonyl (C=O) groups excluding carboxylic acids is 1. The lowest BCUT2D eigenvalue weighted by Gasteiger charge is -2.47. The molecule has 18 heavy (non-hydrogen) atoms. The van der Waals surface area contributed by atoms with Crippen molar-refractivity contribution in [1.82, 2.24) is 0 Å². The van der Waals surface area contributed by atoms with E-state index in [1.807, 2.05) is 0 Å². The van der Waals surface area contributed by atoms with Crippen molar-refractivity contribution in [1.29, 1.82) is 0 Å². The Bertz CT molecular complexity index is 469. The lowest BCUT2D eigenvalue weighted by atomic mass is 9.83. The third-order valence-corrected chi connectivity index (χ3v) is 5.16. The van der Waals surface area contributed by atoms with E-state index in [4.69, 9.17) is 0 Å². The molecule has 96 valence electrons. The number of ketones is 1. The maximum absolute atomic E-state index is 11.8. The first-order chi connectivity index (χ1) is 8.66. The lowest BCUT2D eigenvalue weighted by molar-refractivity contribution is -0.121. The zero-order chi connectivity index (χ0) is 12.7. The zero-order valence-electron chi connectivity index (χ0n) is 10.7. The highest BCUT2D eigenvalue weighted by atomic mass is 79.9. The Hall–Kier alpha value is -0.830. The van der Waals surface area contributed by atoms with Crippen LogP contribution in [-0.2, 0) is 4.79 Å². The van der Waals surface area contributed by atoms with E-state index in [1.54, 1.807) is 0 Å². The number of rotatable bonds is 1. The molecule has 0 spiro atoms. The number of hydrogen-bond acceptors (Lipinski definition) is 2. The topological polar surface area (TPSA) is 20.3 Å². The molecule has 2 fully saturated rings. The maximum atomic E-state index is 11.8. The summed E-state index contributed by atoms with van der Waals surface area (Å²) in [6, 6.07) is 7.24. The van der Waals surface area contributed by atoms with Crippen LogP contribution in [0.2, 0.25) is 0 Å². The van der Waals surface area contributed by atoms with Crippen molar-refractivity contribution in [2.75, 3.05) is 4.90 Å². The quantitative estimate of drug-likeness (QED) is 0.785. The van der Waals surface area contributed by atoms with Crippen molar-refractivity contribution < 1.29 is 4.79 Å². The van der Waals surface area contributed by atoms with Gasteiger partial charge in [-0.1, -0.05) is 22.0 Å². The second-order valence-corrected chi connectivity index (χ2v) is 6.33. The highest BCUT2D eigenvalue weighted by Crippen LogP contribution is 2.39. The highest BCUT2D eigenvalue weighted by Gasteiger charge is 2.38. The normalized spacial score (nSPS) is 27.4. The van der Waals surface area contributed by atoms with Gasteiger partial charge < -0.3 is 4.90 Å². The highest BCUT2D eigenvalue weighted by molar-refractivity contribution is 9.10. The molecule has 0 aliphatic carbocycles. The van der Waals surface area contributed by atoms with Crippen LogP contribution in [0.1, 0.15) is 37.7 Å². The van der Waals surface area contributed by atoms with Gasteiger partial charge in [0.1, 0.15) is 5.78 Å². The molecule has 0 aromatic heterocycles. The van der Waals surface area contributed by atoms with E-state index in [2.05, 4.69) is 46.0 Å². The molecule has 3 rings (SSSR count). The average Bonchev–Trinajstić information content (AvgIpc) is 2.32. The summed E-state index contributed by atoms with van der Waals surface area (Å²) < 4.78 is 1.16. The smallest absolute Gasteiger partial charge is 0.137 e.